The van der Waals surface area contributed by atoms with E-state index in [4.69, 9.17) is 21.4 Å². The van der Waals surface area contributed by atoms with Gasteiger partial charge in [0.15, 0.2) is 0 Å². The molecule has 4 aromatic rings. The standard InChI is InChI=1S/C26H28N6O/c27-14-17-10-11-19(20(13-17)26(28)33)15-32(16-24-30-21-7-1-2-8-22(21)31-24)23-9-3-5-18-6-4-12-29-25(18)23/h1-2,4,6-8,10-13,23H,3,5,9,14-16,27H2,(H2,28,33)(H,30,31). The highest BCUT2D eigenvalue weighted by atomic mass is 16.1. The number of hydrogen-bond acceptors (Lipinski definition) is 5. The fourth-order valence-corrected chi connectivity index (χ4v) is 4.83. The van der Waals surface area contributed by atoms with E-state index in [0.29, 0.717) is 25.2 Å². The van der Waals surface area contributed by atoms with Crippen LogP contribution in [-0.2, 0) is 26.1 Å². The Kier molecular flexibility index (Phi) is 5.90. The number of aryl methyl sites for hydroxylation is 1. The van der Waals surface area contributed by atoms with Crippen molar-refractivity contribution in [2.75, 3.05) is 0 Å². The summed E-state index contributed by atoms with van der Waals surface area (Å²) >= 11 is 0. The van der Waals surface area contributed by atoms with E-state index in [1.807, 2.05) is 54.7 Å². The van der Waals surface area contributed by atoms with Gasteiger partial charge in [0.25, 0.3) is 0 Å². The van der Waals surface area contributed by atoms with Crippen molar-refractivity contribution in [2.45, 2.75) is 44.9 Å². The highest BCUT2D eigenvalue weighted by Crippen LogP contribution is 2.35. The van der Waals surface area contributed by atoms with Crippen LogP contribution in [-0.4, -0.2) is 25.8 Å². The molecule has 1 aliphatic carbocycles. The lowest BCUT2D eigenvalue weighted by molar-refractivity contribution is 0.0995. The van der Waals surface area contributed by atoms with Crippen molar-refractivity contribution in [3.8, 4) is 0 Å². The number of primary amides is 1. The van der Waals surface area contributed by atoms with Gasteiger partial charge in [0, 0.05) is 24.8 Å². The molecule has 0 fully saturated rings. The van der Waals surface area contributed by atoms with E-state index in [1.165, 1.54) is 5.56 Å². The number of pyridine rings is 1. The van der Waals surface area contributed by atoms with Gasteiger partial charge in [-0.1, -0.05) is 30.3 Å². The summed E-state index contributed by atoms with van der Waals surface area (Å²) in [5, 5.41) is 0. The second kappa shape index (κ2) is 9.13. The lowest BCUT2D eigenvalue weighted by Crippen LogP contribution is -2.32. The number of aromatic nitrogens is 3. The van der Waals surface area contributed by atoms with Gasteiger partial charge in [-0.15, -0.1) is 0 Å². The fraction of sp³-hybridized carbons (Fsp3) is 0.269. The number of hydrogen-bond donors (Lipinski definition) is 3. The van der Waals surface area contributed by atoms with Gasteiger partial charge in [-0.2, -0.15) is 0 Å². The number of imidazole rings is 1. The Balaban J connectivity index is 1.54. The van der Waals surface area contributed by atoms with Crippen molar-refractivity contribution in [2.24, 2.45) is 11.5 Å². The van der Waals surface area contributed by atoms with Crippen molar-refractivity contribution in [3.63, 3.8) is 0 Å². The summed E-state index contributed by atoms with van der Waals surface area (Å²) in [6, 6.07) is 18.1. The van der Waals surface area contributed by atoms with Crippen LogP contribution < -0.4 is 11.5 Å². The molecular formula is C26H28N6O. The Morgan fingerprint density at radius 1 is 1.12 bits per heavy atom. The van der Waals surface area contributed by atoms with Gasteiger partial charge in [-0.05, 0) is 60.2 Å². The number of para-hydroxylation sites is 2. The van der Waals surface area contributed by atoms with Crippen LogP contribution >= 0.6 is 0 Å². The van der Waals surface area contributed by atoms with Crippen LogP contribution in [0.2, 0.25) is 0 Å². The van der Waals surface area contributed by atoms with Crippen molar-refractivity contribution >= 4 is 16.9 Å². The predicted molar refractivity (Wildman–Crippen MR) is 128 cm³/mol. The number of carbonyl (C=O) groups is 1. The largest absolute Gasteiger partial charge is 0.366 e. The quantitative estimate of drug-likeness (QED) is 0.406. The average Bonchev–Trinajstić information content (AvgIpc) is 3.26. The molecule has 0 radical (unpaired) electrons. The maximum Gasteiger partial charge on any atom is 0.249 e. The third-order valence-electron chi connectivity index (χ3n) is 6.45. The molecule has 0 aliphatic heterocycles. The minimum Gasteiger partial charge on any atom is -0.366 e. The lowest BCUT2D eigenvalue weighted by atomic mass is 9.90. The van der Waals surface area contributed by atoms with Crippen LogP contribution in [0.15, 0.2) is 60.8 Å². The van der Waals surface area contributed by atoms with Crippen molar-refractivity contribution in [3.05, 3.63) is 94.6 Å². The number of nitrogens with zero attached hydrogens (tertiary/aromatic N) is 3. The van der Waals surface area contributed by atoms with Crippen molar-refractivity contribution in [1.29, 1.82) is 0 Å². The molecule has 5 rings (SSSR count). The zero-order valence-electron chi connectivity index (χ0n) is 18.5. The molecule has 2 heterocycles. The maximum absolute atomic E-state index is 12.3. The van der Waals surface area contributed by atoms with Gasteiger partial charge in [0.05, 0.1) is 29.3 Å². The molecule has 2 aromatic heterocycles. The first-order valence-corrected chi connectivity index (χ1v) is 11.4. The molecule has 0 saturated heterocycles. The fourth-order valence-electron chi connectivity index (χ4n) is 4.83. The van der Waals surface area contributed by atoms with E-state index >= 15 is 0 Å². The highest BCUT2D eigenvalue weighted by molar-refractivity contribution is 5.94. The normalized spacial score (nSPS) is 15.6. The second-order valence-corrected chi connectivity index (χ2v) is 8.62. The van der Waals surface area contributed by atoms with Gasteiger partial charge >= 0.3 is 0 Å². The van der Waals surface area contributed by atoms with E-state index in [-0.39, 0.29) is 6.04 Å². The Labute approximate surface area is 192 Å². The Hall–Kier alpha value is -3.55. The van der Waals surface area contributed by atoms with E-state index in [1.54, 1.807) is 0 Å². The van der Waals surface area contributed by atoms with Gasteiger partial charge in [0.2, 0.25) is 5.91 Å². The van der Waals surface area contributed by atoms with Gasteiger partial charge in [0.1, 0.15) is 5.82 Å². The van der Waals surface area contributed by atoms with Crippen molar-refractivity contribution < 1.29 is 4.79 Å². The molecule has 1 atom stereocenters. The molecule has 1 unspecified atom stereocenters. The Morgan fingerprint density at radius 3 is 2.82 bits per heavy atom. The lowest BCUT2D eigenvalue weighted by Gasteiger charge is -2.35. The number of H-pyrrole nitrogens is 1. The molecule has 33 heavy (non-hydrogen) atoms. The number of benzene rings is 2. The molecule has 7 heteroatoms. The van der Waals surface area contributed by atoms with Gasteiger partial charge in [-0.3, -0.25) is 14.7 Å². The van der Waals surface area contributed by atoms with Gasteiger partial charge < -0.3 is 16.5 Å². The Morgan fingerprint density at radius 2 is 2.00 bits per heavy atom. The van der Waals surface area contributed by atoms with Crippen LogP contribution in [0.3, 0.4) is 0 Å². The molecule has 7 nitrogen and oxygen atoms in total. The van der Waals surface area contributed by atoms with Crippen LogP contribution in [0.5, 0.6) is 0 Å². The van der Waals surface area contributed by atoms with Crippen LogP contribution in [0.1, 0.15) is 57.5 Å². The number of nitrogens with one attached hydrogen (secondary N) is 1. The molecule has 0 bridgehead atoms. The number of amides is 1. The summed E-state index contributed by atoms with van der Waals surface area (Å²) in [6.07, 6.45) is 4.99. The van der Waals surface area contributed by atoms with Crippen LogP contribution in [0, 0.1) is 0 Å². The van der Waals surface area contributed by atoms with E-state index in [9.17, 15) is 4.79 Å². The number of rotatable bonds is 7. The Bertz CT molecular complexity index is 1260. The highest BCUT2D eigenvalue weighted by Gasteiger charge is 2.29. The number of fused-ring (bicyclic) bond motifs is 2. The smallest absolute Gasteiger partial charge is 0.249 e. The molecule has 5 N–H and O–H groups in total. The number of aromatic amines is 1. The van der Waals surface area contributed by atoms with Crippen LogP contribution in [0.25, 0.3) is 11.0 Å². The summed E-state index contributed by atoms with van der Waals surface area (Å²) in [7, 11) is 0. The average molecular weight is 441 g/mol. The first-order valence-electron chi connectivity index (χ1n) is 11.4. The zero-order valence-corrected chi connectivity index (χ0v) is 18.5. The van der Waals surface area contributed by atoms with E-state index in [2.05, 4.69) is 16.0 Å². The third kappa shape index (κ3) is 4.37. The van der Waals surface area contributed by atoms with E-state index in [0.717, 1.165) is 52.9 Å². The minimum absolute atomic E-state index is 0.123. The minimum atomic E-state index is -0.439. The number of carbonyl (C=O) groups excluding carboxylic acids is 1. The third-order valence-corrected chi connectivity index (χ3v) is 6.45. The topological polar surface area (TPSA) is 114 Å². The molecule has 0 saturated carbocycles. The molecule has 168 valence electrons. The summed E-state index contributed by atoms with van der Waals surface area (Å²) < 4.78 is 0. The molecule has 1 aliphatic rings. The summed E-state index contributed by atoms with van der Waals surface area (Å²) in [5.74, 6) is 0.449. The first-order chi connectivity index (χ1) is 16.1. The number of nitrogens with two attached hydrogens (primary N) is 2. The summed E-state index contributed by atoms with van der Waals surface area (Å²) in [5.41, 5.74) is 18.2. The zero-order chi connectivity index (χ0) is 22.8. The van der Waals surface area contributed by atoms with Gasteiger partial charge in [-0.25, -0.2) is 4.98 Å². The predicted octanol–water partition coefficient (Wildman–Crippen LogP) is 3.60. The van der Waals surface area contributed by atoms with Crippen LogP contribution in [0.4, 0.5) is 0 Å². The second-order valence-electron chi connectivity index (χ2n) is 8.62. The maximum atomic E-state index is 12.3. The van der Waals surface area contributed by atoms with Crippen molar-refractivity contribution in [1.82, 2.24) is 19.9 Å². The summed E-state index contributed by atoms with van der Waals surface area (Å²) in [4.78, 5) is 27.6. The first kappa shape index (κ1) is 21.3. The SMILES string of the molecule is NCc1ccc(CN(Cc2nc3ccccc3[nH]2)C2CCCc3cccnc32)c(C(N)=O)c1. The molecule has 0 spiro atoms. The summed E-state index contributed by atoms with van der Waals surface area (Å²) in [6.45, 7) is 1.52. The van der Waals surface area contributed by atoms with E-state index < -0.39 is 5.91 Å². The molecule has 2 aromatic carbocycles. The monoisotopic (exact) mass is 440 g/mol. The molecular weight excluding hydrogens is 412 g/mol. The molecule has 1 amide bonds.